The SMILES string of the molecule is Nc1cc(Br)cc(-c2nc3c(F)cc(F)cc3[nH]2)c1. The van der Waals surface area contributed by atoms with Gasteiger partial charge in [0.1, 0.15) is 17.2 Å². The van der Waals surface area contributed by atoms with Crippen LogP contribution in [-0.2, 0) is 0 Å². The summed E-state index contributed by atoms with van der Waals surface area (Å²) < 4.78 is 27.5. The quantitative estimate of drug-likeness (QED) is 0.668. The van der Waals surface area contributed by atoms with Crippen LogP contribution in [-0.4, -0.2) is 9.97 Å². The molecular weight excluding hydrogens is 316 g/mol. The van der Waals surface area contributed by atoms with Crippen LogP contribution in [0.25, 0.3) is 22.4 Å². The van der Waals surface area contributed by atoms with Crippen molar-refractivity contribution in [3.05, 3.63) is 46.4 Å². The molecule has 1 aromatic heterocycles. The number of halogens is 3. The molecule has 2 aromatic carbocycles. The van der Waals surface area contributed by atoms with Crippen LogP contribution in [0.3, 0.4) is 0 Å². The van der Waals surface area contributed by atoms with Crippen molar-refractivity contribution in [1.82, 2.24) is 9.97 Å². The maximum absolute atomic E-state index is 13.6. The molecule has 0 bridgehead atoms. The van der Waals surface area contributed by atoms with Gasteiger partial charge in [-0.2, -0.15) is 0 Å². The average molecular weight is 324 g/mol. The Morgan fingerprint density at radius 1 is 1.11 bits per heavy atom. The van der Waals surface area contributed by atoms with Crippen LogP contribution in [0.1, 0.15) is 0 Å². The first-order valence-corrected chi connectivity index (χ1v) is 6.23. The molecule has 0 aliphatic rings. The van der Waals surface area contributed by atoms with Crippen LogP contribution in [0.4, 0.5) is 14.5 Å². The Bertz CT molecular complexity index is 763. The molecule has 0 saturated heterocycles. The second-order valence-electron chi connectivity index (χ2n) is 4.14. The number of nitrogens with two attached hydrogens (primary N) is 1. The average Bonchev–Trinajstić information content (AvgIpc) is 2.71. The highest BCUT2D eigenvalue weighted by molar-refractivity contribution is 9.10. The summed E-state index contributed by atoms with van der Waals surface area (Å²) in [5.74, 6) is -0.901. The first kappa shape index (κ1) is 12.1. The van der Waals surface area contributed by atoms with Crippen molar-refractivity contribution in [1.29, 1.82) is 0 Å². The molecule has 3 nitrogen and oxygen atoms in total. The van der Waals surface area contributed by atoms with Gasteiger partial charge in [-0.25, -0.2) is 13.8 Å². The first-order chi connectivity index (χ1) is 9.02. The van der Waals surface area contributed by atoms with E-state index in [1.54, 1.807) is 18.2 Å². The van der Waals surface area contributed by atoms with Gasteiger partial charge in [0.05, 0.1) is 5.52 Å². The van der Waals surface area contributed by atoms with E-state index in [1.165, 1.54) is 6.07 Å². The molecule has 1 heterocycles. The van der Waals surface area contributed by atoms with E-state index in [9.17, 15) is 8.78 Å². The monoisotopic (exact) mass is 323 g/mol. The van der Waals surface area contributed by atoms with Gasteiger partial charge in [-0.05, 0) is 24.3 Å². The zero-order chi connectivity index (χ0) is 13.6. The number of imidazole rings is 1. The Morgan fingerprint density at radius 2 is 1.89 bits per heavy atom. The van der Waals surface area contributed by atoms with E-state index in [4.69, 9.17) is 5.73 Å². The van der Waals surface area contributed by atoms with E-state index < -0.39 is 11.6 Å². The fraction of sp³-hybridized carbons (Fsp3) is 0. The molecule has 19 heavy (non-hydrogen) atoms. The number of aromatic nitrogens is 2. The molecule has 3 N–H and O–H groups in total. The maximum atomic E-state index is 13.6. The van der Waals surface area contributed by atoms with Gasteiger partial charge in [-0.15, -0.1) is 0 Å². The minimum Gasteiger partial charge on any atom is -0.399 e. The Hall–Kier alpha value is -1.95. The van der Waals surface area contributed by atoms with Gasteiger partial charge >= 0.3 is 0 Å². The van der Waals surface area contributed by atoms with Gasteiger partial charge in [0.2, 0.25) is 0 Å². The molecule has 0 amide bonds. The predicted molar refractivity (Wildman–Crippen MR) is 73.6 cm³/mol. The highest BCUT2D eigenvalue weighted by Crippen LogP contribution is 2.27. The van der Waals surface area contributed by atoms with Gasteiger partial charge in [-0.3, -0.25) is 0 Å². The second kappa shape index (κ2) is 4.31. The number of H-pyrrole nitrogens is 1. The summed E-state index contributed by atoms with van der Waals surface area (Å²) in [5, 5.41) is 0. The molecule has 6 heteroatoms. The van der Waals surface area contributed by atoms with Crippen molar-refractivity contribution in [2.45, 2.75) is 0 Å². The van der Waals surface area contributed by atoms with E-state index >= 15 is 0 Å². The number of nitrogens with zero attached hydrogens (tertiary/aromatic N) is 1. The normalized spacial score (nSPS) is 11.1. The number of benzene rings is 2. The molecule has 0 unspecified atom stereocenters. The lowest BCUT2D eigenvalue weighted by Crippen LogP contribution is -1.87. The van der Waals surface area contributed by atoms with Crippen molar-refractivity contribution in [3.63, 3.8) is 0 Å². The first-order valence-electron chi connectivity index (χ1n) is 5.44. The minimum absolute atomic E-state index is 0.106. The standard InChI is InChI=1S/C13H8BrF2N3/c14-7-1-6(2-9(17)3-7)13-18-11-5-8(15)4-10(16)12(11)19-13/h1-5H,17H2,(H,18,19). The number of hydrogen-bond donors (Lipinski definition) is 2. The van der Waals surface area contributed by atoms with Gasteiger partial charge < -0.3 is 10.7 Å². The van der Waals surface area contributed by atoms with Crippen LogP contribution in [0, 0.1) is 11.6 Å². The number of hydrogen-bond acceptors (Lipinski definition) is 2. The number of anilines is 1. The molecule has 0 atom stereocenters. The van der Waals surface area contributed by atoms with Gasteiger partial charge in [-0.1, -0.05) is 15.9 Å². The summed E-state index contributed by atoms with van der Waals surface area (Å²) in [6.07, 6.45) is 0. The third-order valence-corrected chi connectivity index (χ3v) is 3.16. The maximum Gasteiger partial charge on any atom is 0.153 e. The zero-order valence-corrected chi connectivity index (χ0v) is 11.1. The van der Waals surface area contributed by atoms with Crippen LogP contribution in [0.5, 0.6) is 0 Å². The molecule has 0 radical (unpaired) electrons. The number of nitrogen functional groups attached to an aromatic ring is 1. The van der Waals surface area contributed by atoms with E-state index in [1.807, 2.05) is 0 Å². The fourth-order valence-electron chi connectivity index (χ4n) is 1.93. The third kappa shape index (κ3) is 2.19. The summed E-state index contributed by atoms with van der Waals surface area (Å²) in [5.41, 5.74) is 7.41. The van der Waals surface area contributed by atoms with Gasteiger partial charge in [0, 0.05) is 21.8 Å². The van der Waals surface area contributed by atoms with Crippen molar-refractivity contribution >= 4 is 32.7 Å². The summed E-state index contributed by atoms with van der Waals surface area (Å²) >= 11 is 3.32. The zero-order valence-electron chi connectivity index (χ0n) is 9.55. The molecule has 96 valence electrons. The van der Waals surface area contributed by atoms with Crippen molar-refractivity contribution in [3.8, 4) is 11.4 Å². The summed E-state index contributed by atoms with van der Waals surface area (Å²) in [6.45, 7) is 0. The number of nitrogens with one attached hydrogen (secondary N) is 1. The molecule has 0 aliphatic heterocycles. The highest BCUT2D eigenvalue weighted by atomic mass is 79.9. The number of aromatic amines is 1. The van der Waals surface area contributed by atoms with Crippen molar-refractivity contribution in [2.24, 2.45) is 0 Å². The topological polar surface area (TPSA) is 54.7 Å². The molecular formula is C13H8BrF2N3. The lowest BCUT2D eigenvalue weighted by Gasteiger charge is -2.00. The summed E-state index contributed by atoms with van der Waals surface area (Å²) in [4.78, 5) is 7.01. The molecule has 0 fully saturated rings. The lowest BCUT2D eigenvalue weighted by atomic mass is 10.2. The van der Waals surface area contributed by atoms with E-state index in [0.717, 1.165) is 10.5 Å². The van der Waals surface area contributed by atoms with Crippen molar-refractivity contribution < 1.29 is 8.78 Å². The molecule has 3 aromatic rings. The highest BCUT2D eigenvalue weighted by Gasteiger charge is 2.11. The smallest absolute Gasteiger partial charge is 0.153 e. The summed E-state index contributed by atoms with van der Waals surface area (Å²) in [7, 11) is 0. The Morgan fingerprint density at radius 3 is 2.63 bits per heavy atom. The minimum atomic E-state index is -0.694. The largest absolute Gasteiger partial charge is 0.399 e. The van der Waals surface area contributed by atoms with Crippen molar-refractivity contribution in [2.75, 3.05) is 5.73 Å². The molecule has 3 rings (SSSR count). The Kier molecular flexibility index (Phi) is 2.74. The third-order valence-electron chi connectivity index (χ3n) is 2.70. The van der Waals surface area contributed by atoms with Crippen LogP contribution in [0.2, 0.25) is 0 Å². The predicted octanol–water partition coefficient (Wildman–Crippen LogP) is 3.85. The Balaban J connectivity index is 2.23. The van der Waals surface area contributed by atoms with E-state index in [0.29, 0.717) is 22.6 Å². The van der Waals surface area contributed by atoms with Crippen LogP contribution in [0.15, 0.2) is 34.8 Å². The second-order valence-corrected chi connectivity index (χ2v) is 5.06. The fourth-order valence-corrected chi connectivity index (χ4v) is 2.44. The molecule has 0 saturated carbocycles. The van der Waals surface area contributed by atoms with E-state index in [-0.39, 0.29) is 5.52 Å². The molecule has 0 spiro atoms. The number of fused-ring (bicyclic) bond motifs is 1. The molecule has 0 aliphatic carbocycles. The van der Waals surface area contributed by atoms with Crippen LogP contribution >= 0.6 is 15.9 Å². The van der Waals surface area contributed by atoms with Crippen LogP contribution < -0.4 is 5.73 Å². The number of rotatable bonds is 1. The summed E-state index contributed by atoms with van der Waals surface area (Å²) in [6, 6.07) is 7.25. The van der Waals surface area contributed by atoms with E-state index in [2.05, 4.69) is 25.9 Å². The van der Waals surface area contributed by atoms with Gasteiger partial charge in [0.25, 0.3) is 0 Å². The Labute approximate surface area is 115 Å². The van der Waals surface area contributed by atoms with Gasteiger partial charge in [0.15, 0.2) is 5.82 Å². The lowest BCUT2D eigenvalue weighted by molar-refractivity contribution is 0.591.